The van der Waals surface area contributed by atoms with E-state index >= 15 is 0 Å². The van der Waals surface area contributed by atoms with Crippen molar-refractivity contribution in [2.45, 2.75) is 41.5 Å². The quantitative estimate of drug-likeness (QED) is 0.414. The fraction of sp³-hybridized carbons (Fsp3) is 0.727. The summed E-state index contributed by atoms with van der Waals surface area (Å²) >= 11 is 0.429. The average Bonchev–Trinajstić information content (AvgIpc) is 1.95. The first-order valence-corrected chi connectivity index (χ1v) is 6.55. The fourth-order valence-electron chi connectivity index (χ4n) is 0.763. The third-order valence-electron chi connectivity index (χ3n) is 1.87. The van der Waals surface area contributed by atoms with Crippen molar-refractivity contribution in [1.29, 1.82) is 0 Å². The van der Waals surface area contributed by atoms with Crippen LogP contribution >= 0.6 is 0 Å². The molecule has 0 N–H and O–H groups in total. The SMILES string of the molecule is CC(C)(C)C(=O)/C=C(\[O][Tl])C(C)(C)C. The number of hydrogen-bond donors (Lipinski definition) is 0. The van der Waals surface area contributed by atoms with E-state index in [2.05, 4.69) is 20.8 Å². The molecule has 78 valence electrons. The Morgan fingerprint density at radius 2 is 1.50 bits per heavy atom. The van der Waals surface area contributed by atoms with Crippen molar-refractivity contribution in [2.24, 2.45) is 10.8 Å². The van der Waals surface area contributed by atoms with E-state index in [0.717, 1.165) is 5.76 Å². The normalized spacial score (nSPS) is 13.9. The van der Waals surface area contributed by atoms with Gasteiger partial charge in [-0.05, 0) is 0 Å². The third-order valence-corrected chi connectivity index (χ3v) is 2.85. The summed E-state index contributed by atoms with van der Waals surface area (Å²) in [5.74, 6) is 0.936. The van der Waals surface area contributed by atoms with Crippen molar-refractivity contribution in [2.75, 3.05) is 0 Å². The molecule has 0 aromatic rings. The van der Waals surface area contributed by atoms with Gasteiger partial charge in [0.05, 0.1) is 0 Å². The average molecular weight is 388 g/mol. The first-order valence-electron chi connectivity index (χ1n) is 4.72. The maximum atomic E-state index is 11.7. The number of rotatable bonds is 2. The number of carbonyl (C=O) groups is 1. The Balaban J connectivity index is 4.89. The standard InChI is InChI=1S/C11H20O2.Tl/c1-10(2,3)8(12)7-9(13)11(4,5)6;/h7,12H,1-6H3;/q;+1/p-1/b8-7-;. The third kappa shape index (κ3) is 4.57. The van der Waals surface area contributed by atoms with Crippen LogP contribution < -0.4 is 0 Å². The van der Waals surface area contributed by atoms with Gasteiger partial charge in [-0.2, -0.15) is 0 Å². The second-order valence-corrected chi connectivity index (χ2v) is 6.41. The predicted molar refractivity (Wildman–Crippen MR) is 58.8 cm³/mol. The van der Waals surface area contributed by atoms with Crippen LogP contribution in [0.5, 0.6) is 0 Å². The van der Waals surface area contributed by atoms with E-state index in [4.69, 9.17) is 2.69 Å². The van der Waals surface area contributed by atoms with Crippen LogP contribution in [0.2, 0.25) is 0 Å². The molecule has 0 aromatic heterocycles. The number of ketones is 1. The van der Waals surface area contributed by atoms with Crippen LogP contribution in [0.1, 0.15) is 41.5 Å². The van der Waals surface area contributed by atoms with Gasteiger partial charge in [0.2, 0.25) is 0 Å². The molecule has 0 heterocycles. The van der Waals surface area contributed by atoms with Crippen molar-refractivity contribution < 1.29 is 7.48 Å². The molecule has 0 spiro atoms. The van der Waals surface area contributed by atoms with Crippen LogP contribution in [0.25, 0.3) is 0 Å². The molecule has 0 unspecified atom stereocenters. The zero-order valence-electron chi connectivity index (χ0n) is 9.97. The van der Waals surface area contributed by atoms with Crippen molar-refractivity contribution in [3.63, 3.8) is 0 Å². The Hall–Kier alpha value is 0.132. The van der Waals surface area contributed by atoms with Gasteiger partial charge < -0.3 is 0 Å². The molecule has 2 nitrogen and oxygen atoms in total. The van der Waals surface area contributed by atoms with Crippen LogP contribution in [0, 0.1) is 10.8 Å². The molecule has 0 rings (SSSR count). The molecule has 0 fully saturated rings. The van der Waals surface area contributed by atoms with Gasteiger partial charge in [0.15, 0.2) is 0 Å². The Kier molecular flexibility index (Phi) is 4.81. The molecule has 0 aliphatic heterocycles. The van der Waals surface area contributed by atoms with Crippen molar-refractivity contribution in [1.82, 2.24) is 0 Å². The first kappa shape index (κ1) is 14.1. The Morgan fingerprint density at radius 3 is 1.71 bits per heavy atom. The molecule has 0 aliphatic rings. The number of hydrogen-bond acceptors (Lipinski definition) is 2. The second-order valence-electron chi connectivity index (χ2n) is 5.49. The summed E-state index contributed by atoms with van der Waals surface area (Å²) < 4.78 is 5.39. The zero-order valence-corrected chi connectivity index (χ0v) is 14.5. The van der Waals surface area contributed by atoms with Gasteiger partial charge in [0, 0.05) is 0 Å². The Labute approximate surface area is 103 Å². The van der Waals surface area contributed by atoms with E-state index in [1.165, 1.54) is 0 Å². The molecular formula is C11H19O2Tl. The molecule has 0 saturated heterocycles. The van der Waals surface area contributed by atoms with Gasteiger partial charge in [-0.15, -0.1) is 0 Å². The maximum absolute atomic E-state index is 11.7. The summed E-state index contributed by atoms with van der Waals surface area (Å²) in [4.78, 5) is 11.7. The molecule has 0 atom stereocenters. The van der Waals surface area contributed by atoms with Crippen LogP contribution in [0.3, 0.4) is 0 Å². The summed E-state index contributed by atoms with van der Waals surface area (Å²) in [5, 5.41) is 0. The second kappa shape index (κ2) is 4.77. The van der Waals surface area contributed by atoms with Crippen molar-refractivity contribution in [3.05, 3.63) is 11.8 Å². The summed E-state index contributed by atoms with van der Waals surface area (Å²) in [6, 6.07) is 0. The fourth-order valence-corrected chi connectivity index (χ4v) is 2.40. The zero-order chi connectivity index (χ0) is 11.6. The van der Waals surface area contributed by atoms with E-state index in [9.17, 15) is 4.79 Å². The topological polar surface area (TPSA) is 26.3 Å². The minimum atomic E-state index is -0.320. The van der Waals surface area contributed by atoms with Crippen molar-refractivity contribution in [3.8, 4) is 0 Å². The van der Waals surface area contributed by atoms with Crippen LogP contribution in [-0.4, -0.2) is 32.0 Å². The number of allylic oxidation sites excluding steroid dienone is 2. The first-order chi connectivity index (χ1) is 6.09. The van der Waals surface area contributed by atoms with Gasteiger partial charge in [0.25, 0.3) is 0 Å². The Bertz CT molecular complexity index is 241. The summed E-state index contributed by atoms with van der Waals surface area (Å²) in [6.45, 7) is 11.9. The molecule has 3 heteroatoms. The molecule has 0 saturated carbocycles. The van der Waals surface area contributed by atoms with E-state index in [-0.39, 0.29) is 16.6 Å². The van der Waals surface area contributed by atoms with Crippen LogP contribution in [0.4, 0.5) is 0 Å². The molecule has 0 bridgehead atoms. The van der Waals surface area contributed by atoms with Crippen molar-refractivity contribution >= 4 is 32.0 Å². The van der Waals surface area contributed by atoms with Gasteiger partial charge in [-0.3, -0.25) is 0 Å². The molecule has 0 aliphatic carbocycles. The summed E-state index contributed by atoms with van der Waals surface area (Å²) in [6.07, 6.45) is 1.65. The predicted octanol–water partition coefficient (Wildman–Crippen LogP) is 2.63. The molecular weight excluding hydrogens is 369 g/mol. The van der Waals surface area contributed by atoms with Gasteiger partial charge in [-0.25, -0.2) is 0 Å². The van der Waals surface area contributed by atoms with Gasteiger partial charge in [0.1, 0.15) is 0 Å². The molecule has 0 amide bonds. The Morgan fingerprint density at radius 1 is 1.07 bits per heavy atom. The summed E-state index contributed by atoms with van der Waals surface area (Å²) in [7, 11) is 0. The summed E-state index contributed by atoms with van der Waals surface area (Å²) in [5.41, 5.74) is -0.393. The monoisotopic (exact) mass is 388 g/mol. The van der Waals surface area contributed by atoms with E-state index in [1.807, 2.05) is 20.8 Å². The minimum absolute atomic E-state index is 0.0737. The van der Waals surface area contributed by atoms with Gasteiger partial charge >= 0.3 is 104 Å². The molecule has 0 aromatic carbocycles. The van der Waals surface area contributed by atoms with Crippen LogP contribution in [0.15, 0.2) is 11.8 Å². The van der Waals surface area contributed by atoms with E-state index < -0.39 is 0 Å². The van der Waals surface area contributed by atoms with E-state index in [1.54, 1.807) is 6.08 Å². The van der Waals surface area contributed by atoms with E-state index in [0.29, 0.717) is 26.2 Å². The molecule has 14 heavy (non-hydrogen) atoms. The van der Waals surface area contributed by atoms with Gasteiger partial charge in [-0.1, -0.05) is 0 Å². The number of carbonyl (C=O) groups excluding carboxylic acids is 1. The van der Waals surface area contributed by atoms with Crippen LogP contribution in [-0.2, 0) is 7.48 Å². The molecule has 0 radical (unpaired) electrons.